The number of ketones is 1. The first kappa shape index (κ1) is 13.8. The molecule has 1 rings (SSSR count). The van der Waals surface area contributed by atoms with Crippen LogP contribution in [-0.4, -0.2) is 27.3 Å². The zero-order chi connectivity index (χ0) is 13.0. The van der Waals surface area contributed by atoms with E-state index in [0.29, 0.717) is 6.42 Å². The van der Waals surface area contributed by atoms with Gasteiger partial charge < -0.3 is 4.98 Å². The molecule has 0 fully saturated rings. The maximum absolute atomic E-state index is 12.0. The number of nitrogens with one attached hydrogen (secondary N) is 1. The van der Waals surface area contributed by atoms with Crippen LogP contribution in [0.5, 0.6) is 0 Å². The molecule has 0 saturated heterocycles. The Labute approximate surface area is 103 Å². The zero-order valence-corrected chi connectivity index (χ0v) is 11.0. The number of hydrogen-bond donors (Lipinski definition) is 1. The van der Waals surface area contributed by atoms with E-state index >= 15 is 0 Å². The van der Waals surface area contributed by atoms with Crippen LogP contribution in [-0.2, 0) is 0 Å². The summed E-state index contributed by atoms with van der Waals surface area (Å²) in [6.45, 7) is 3.11. The van der Waals surface area contributed by atoms with E-state index < -0.39 is 11.2 Å². The summed E-state index contributed by atoms with van der Waals surface area (Å²) in [4.78, 5) is 37.2. The number of carbonyl (C=O) groups excluding carboxylic acids is 1. The molecule has 0 aliphatic rings. The van der Waals surface area contributed by atoms with Gasteiger partial charge in [-0.15, -0.1) is 0 Å². The van der Waals surface area contributed by atoms with Gasteiger partial charge >= 0.3 is 5.69 Å². The average molecular weight is 256 g/mol. The Morgan fingerprint density at radius 1 is 1.53 bits per heavy atom. The van der Waals surface area contributed by atoms with Crippen molar-refractivity contribution in [2.45, 2.75) is 26.3 Å². The highest BCUT2D eigenvalue weighted by Gasteiger charge is 2.15. The molecule has 0 spiro atoms. The zero-order valence-electron chi connectivity index (χ0n) is 10.1. The van der Waals surface area contributed by atoms with Crippen molar-refractivity contribution in [1.82, 2.24) is 9.55 Å². The van der Waals surface area contributed by atoms with Gasteiger partial charge in [-0.1, -0.05) is 0 Å². The van der Waals surface area contributed by atoms with E-state index in [1.807, 2.05) is 6.26 Å². The smallest absolute Gasteiger partial charge is 0.313 e. The fraction of sp³-hybridized carbons (Fsp3) is 0.545. The van der Waals surface area contributed by atoms with Crippen LogP contribution in [0.3, 0.4) is 0 Å². The number of rotatable bonds is 5. The molecular weight excluding hydrogens is 240 g/mol. The molecule has 0 aromatic carbocycles. The topological polar surface area (TPSA) is 71.9 Å². The lowest BCUT2D eigenvalue weighted by molar-refractivity contribution is 0.101. The van der Waals surface area contributed by atoms with Crippen molar-refractivity contribution in [2.24, 2.45) is 0 Å². The highest BCUT2D eigenvalue weighted by atomic mass is 32.2. The molecule has 1 aromatic rings. The SMILES string of the molecule is CSCCC(C)n1c(=O)[nH]cc(C(C)=O)c1=O. The summed E-state index contributed by atoms with van der Waals surface area (Å²) in [5.74, 6) is 0.522. The molecule has 1 atom stereocenters. The van der Waals surface area contributed by atoms with E-state index in [2.05, 4.69) is 4.98 Å². The minimum atomic E-state index is -0.505. The quantitative estimate of drug-likeness (QED) is 0.799. The van der Waals surface area contributed by atoms with Crippen molar-refractivity contribution in [3.63, 3.8) is 0 Å². The molecule has 1 unspecified atom stereocenters. The van der Waals surface area contributed by atoms with Gasteiger partial charge in [0.2, 0.25) is 0 Å². The van der Waals surface area contributed by atoms with Crippen molar-refractivity contribution in [3.8, 4) is 0 Å². The van der Waals surface area contributed by atoms with Crippen molar-refractivity contribution in [1.29, 1.82) is 0 Å². The standard InChI is InChI=1S/C11H16N2O3S/c1-7(4-5-17-3)13-10(15)9(8(2)14)6-12-11(13)16/h6-7H,4-5H2,1-3H3,(H,12,16). The Morgan fingerprint density at radius 3 is 2.71 bits per heavy atom. The lowest BCUT2D eigenvalue weighted by Crippen LogP contribution is -2.39. The molecule has 1 N–H and O–H groups in total. The van der Waals surface area contributed by atoms with Gasteiger partial charge in [0, 0.05) is 12.2 Å². The van der Waals surface area contributed by atoms with E-state index in [1.54, 1.807) is 18.7 Å². The molecule has 0 bridgehead atoms. The lowest BCUT2D eigenvalue weighted by Gasteiger charge is -2.13. The van der Waals surface area contributed by atoms with Gasteiger partial charge in [0.25, 0.3) is 5.56 Å². The first-order valence-corrected chi connectivity index (χ1v) is 6.72. The van der Waals surface area contributed by atoms with E-state index in [4.69, 9.17) is 0 Å². The molecule has 6 heteroatoms. The predicted octanol–water partition coefficient (Wildman–Crippen LogP) is 1.05. The Bertz CT molecular complexity index is 518. The highest BCUT2D eigenvalue weighted by molar-refractivity contribution is 7.98. The van der Waals surface area contributed by atoms with Gasteiger partial charge in [-0.25, -0.2) is 4.79 Å². The fourth-order valence-corrected chi connectivity index (χ4v) is 2.13. The number of thioether (sulfide) groups is 1. The van der Waals surface area contributed by atoms with Gasteiger partial charge in [0.05, 0.1) is 5.56 Å². The normalized spacial score (nSPS) is 12.4. The van der Waals surface area contributed by atoms with Crippen LogP contribution in [0.2, 0.25) is 0 Å². The molecule has 1 heterocycles. The molecule has 5 nitrogen and oxygen atoms in total. The second kappa shape index (κ2) is 5.86. The molecule has 1 aromatic heterocycles. The summed E-state index contributed by atoms with van der Waals surface area (Å²) < 4.78 is 1.12. The number of H-pyrrole nitrogens is 1. The van der Waals surface area contributed by atoms with Crippen molar-refractivity contribution in [2.75, 3.05) is 12.0 Å². The maximum Gasteiger partial charge on any atom is 0.328 e. The van der Waals surface area contributed by atoms with Crippen molar-refractivity contribution in [3.05, 3.63) is 32.6 Å². The van der Waals surface area contributed by atoms with Crippen LogP contribution < -0.4 is 11.2 Å². The van der Waals surface area contributed by atoms with Crippen molar-refractivity contribution >= 4 is 17.5 Å². The summed E-state index contributed by atoms with van der Waals surface area (Å²) in [5.41, 5.74) is -0.941. The van der Waals surface area contributed by atoms with Crippen LogP contribution in [0.1, 0.15) is 36.7 Å². The van der Waals surface area contributed by atoms with E-state index in [1.165, 1.54) is 13.1 Å². The van der Waals surface area contributed by atoms with Gasteiger partial charge in [-0.2, -0.15) is 11.8 Å². The predicted molar refractivity (Wildman–Crippen MR) is 69.0 cm³/mol. The second-order valence-electron chi connectivity index (χ2n) is 3.87. The van der Waals surface area contributed by atoms with E-state index in [-0.39, 0.29) is 17.4 Å². The van der Waals surface area contributed by atoms with Crippen LogP contribution in [0, 0.1) is 0 Å². The van der Waals surface area contributed by atoms with E-state index in [0.717, 1.165) is 10.3 Å². The van der Waals surface area contributed by atoms with Crippen LogP contribution in [0.4, 0.5) is 0 Å². The minimum absolute atomic E-state index is 0.0283. The summed E-state index contributed by atoms with van der Waals surface area (Å²) in [6.07, 6.45) is 3.86. The molecule has 0 radical (unpaired) electrons. The summed E-state index contributed by atoms with van der Waals surface area (Å²) in [5, 5.41) is 0. The first-order chi connectivity index (χ1) is 7.99. The fourth-order valence-electron chi connectivity index (χ4n) is 1.56. The third-order valence-electron chi connectivity index (χ3n) is 2.57. The Kier molecular flexibility index (Phi) is 4.74. The van der Waals surface area contributed by atoms with Gasteiger partial charge in [-0.05, 0) is 32.3 Å². The lowest BCUT2D eigenvalue weighted by atomic mass is 10.2. The molecule has 0 amide bonds. The molecule has 0 saturated carbocycles. The first-order valence-electron chi connectivity index (χ1n) is 5.33. The molecule has 0 aliphatic carbocycles. The van der Waals surface area contributed by atoms with Gasteiger partial charge in [0.15, 0.2) is 5.78 Å². The second-order valence-corrected chi connectivity index (χ2v) is 4.85. The monoisotopic (exact) mass is 256 g/mol. The number of carbonyl (C=O) groups is 1. The number of aromatic amines is 1. The number of Topliss-reactive ketones (excluding diaryl/α,β-unsaturated/α-hetero) is 1. The van der Waals surface area contributed by atoms with Crippen LogP contribution in [0.15, 0.2) is 15.8 Å². The molecule has 17 heavy (non-hydrogen) atoms. The summed E-state index contributed by atoms with van der Waals surface area (Å²) in [6, 6.07) is -0.210. The molecular formula is C11H16N2O3S. The number of nitrogens with zero attached hydrogens (tertiary/aromatic N) is 1. The third kappa shape index (κ3) is 3.09. The summed E-state index contributed by atoms with van der Waals surface area (Å²) >= 11 is 1.65. The average Bonchev–Trinajstić information content (AvgIpc) is 2.25. The van der Waals surface area contributed by atoms with Crippen molar-refractivity contribution < 1.29 is 4.79 Å². The summed E-state index contributed by atoms with van der Waals surface area (Å²) in [7, 11) is 0. The van der Waals surface area contributed by atoms with E-state index in [9.17, 15) is 14.4 Å². The van der Waals surface area contributed by atoms with Crippen LogP contribution >= 0.6 is 11.8 Å². The minimum Gasteiger partial charge on any atom is -0.313 e. The van der Waals surface area contributed by atoms with Gasteiger partial charge in [0.1, 0.15) is 0 Å². The third-order valence-corrected chi connectivity index (χ3v) is 3.21. The molecule has 0 aliphatic heterocycles. The number of aromatic nitrogens is 2. The Hall–Kier alpha value is -1.30. The Morgan fingerprint density at radius 2 is 2.18 bits per heavy atom. The van der Waals surface area contributed by atoms with Gasteiger partial charge in [-0.3, -0.25) is 14.2 Å². The van der Waals surface area contributed by atoms with Crippen LogP contribution in [0.25, 0.3) is 0 Å². The largest absolute Gasteiger partial charge is 0.328 e. The molecule has 94 valence electrons. The highest BCUT2D eigenvalue weighted by Crippen LogP contribution is 2.09. The Balaban J connectivity index is 3.23. The number of hydrogen-bond acceptors (Lipinski definition) is 4. The maximum atomic E-state index is 12.0.